The normalized spacial score (nSPS) is 12.3. The molecule has 184 valence electrons. The predicted molar refractivity (Wildman–Crippen MR) is 137 cm³/mol. The largest absolute Gasteiger partial charge is 0.330 e. The summed E-state index contributed by atoms with van der Waals surface area (Å²) in [6, 6.07) is 22.7. The Labute approximate surface area is 206 Å². The number of aromatic nitrogens is 1. The van der Waals surface area contributed by atoms with E-state index in [4.69, 9.17) is 5.73 Å². The Morgan fingerprint density at radius 3 is 1.97 bits per heavy atom. The second-order valence-corrected chi connectivity index (χ2v) is 11.9. The van der Waals surface area contributed by atoms with Gasteiger partial charge in [-0.15, -0.1) is 0 Å². The van der Waals surface area contributed by atoms with Gasteiger partial charge >= 0.3 is 0 Å². The molecule has 0 bridgehead atoms. The van der Waals surface area contributed by atoms with E-state index in [2.05, 4.69) is 5.32 Å². The lowest BCUT2D eigenvalue weighted by atomic mass is 10.1. The fraction of sp³-hybridized carbons (Fsp3) is 0.231. The van der Waals surface area contributed by atoms with Crippen LogP contribution in [0, 0.1) is 0 Å². The van der Waals surface area contributed by atoms with Crippen molar-refractivity contribution in [1.82, 2.24) is 9.29 Å². The van der Waals surface area contributed by atoms with Crippen LogP contribution in [0.4, 0.5) is 0 Å². The number of unbranched alkanes of at least 4 members (excludes halogenated alkanes) is 2. The Bertz CT molecular complexity index is 1500. The highest BCUT2D eigenvalue weighted by Gasteiger charge is 2.34. The van der Waals surface area contributed by atoms with Crippen molar-refractivity contribution in [2.45, 2.75) is 40.6 Å². The summed E-state index contributed by atoms with van der Waals surface area (Å²) in [6.07, 6.45) is 2.77. The third-order valence-corrected chi connectivity index (χ3v) is 9.51. The molecular formula is C26H29N3O4S2. The molecular weight excluding hydrogens is 482 g/mol. The smallest absolute Gasteiger partial charge is 0.269 e. The topological polar surface area (TPSA) is 111 Å². The first-order chi connectivity index (χ1) is 16.9. The van der Waals surface area contributed by atoms with Gasteiger partial charge in [0.25, 0.3) is 10.0 Å². The standard InChI is InChI=1S/C26H29N3O4S2/c27-18-10-3-11-19-28-20-24-23-16-8-9-17-25(23)29(35(32,33)22-14-6-2-7-15-22)26(24)34(30,31)21-12-4-1-5-13-21/h1-2,4-9,12-17,28H,3,10-11,18-20,27H2. The lowest BCUT2D eigenvalue weighted by Crippen LogP contribution is -2.22. The molecule has 3 N–H and O–H groups in total. The van der Waals surface area contributed by atoms with Gasteiger partial charge in [-0.1, -0.05) is 61.0 Å². The Morgan fingerprint density at radius 1 is 0.714 bits per heavy atom. The van der Waals surface area contributed by atoms with Crippen LogP contribution in [0.1, 0.15) is 24.8 Å². The van der Waals surface area contributed by atoms with E-state index in [9.17, 15) is 16.8 Å². The summed E-state index contributed by atoms with van der Waals surface area (Å²) in [5.41, 5.74) is 6.32. The number of fused-ring (bicyclic) bond motifs is 1. The van der Waals surface area contributed by atoms with Gasteiger partial charge in [-0.25, -0.2) is 20.8 Å². The second-order valence-electron chi connectivity index (χ2n) is 8.23. The van der Waals surface area contributed by atoms with Crippen molar-refractivity contribution >= 4 is 30.8 Å². The van der Waals surface area contributed by atoms with Crippen LogP contribution in [-0.2, 0) is 26.4 Å². The number of benzene rings is 3. The van der Waals surface area contributed by atoms with E-state index in [1.807, 2.05) is 0 Å². The number of nitrogens with zero attached hydrogens (tertiary/aromatic N) is 1. The van der Waals surface area contributed by atoms with Crippen LogP contribution < -0.4 is 11.1 Å². The quantitative estimate of drug-likeness (QED) is 0.295. The van der Waals surface area contributed by atoms with Crippen LogP contribution in [0.2, 0.25) is 0 Å². The van der Waals surface area contributed by atoms with Gasteiger partial charge in [0.2, 0.25) is 9.84 Å². The summed E-state index contributed by atoms with van der Waals surface area (Å²) < 4.78 is 56.7. The number of sulfone groups is 1. The summed E-state index contributed by atoms with van der Waals surface area (Å²) in [6.45, 7) is 1.50. The van der Waals surface area contributed by atoms with E-state index in [1.165, 1.54) is 24.3 Å². The number of nitrogens with one attached hydrogen (secondary N) is 1. The number of hydrogen-bond donors (Lipinski definition) is 2. The van der Waals surface area contributed by atoms with Crippen molar-refractivity contribution < 1.29 is 16.8 Å². The molecule has 9 heteroatoms. The predicted octanol–water partition coefficient (Wildman–Crippen LogP) is 3.93. The number of nitrogens with two attached hydrogens (primary N) is 1. The van der Waals surface area contributed by atoms with Crippen molar-refractivity contribution in [1.29, 1.82) is 0 Å². The highest BCUT2D eigenvalue weighted by molar-refractivity contribution is 7.93. The molecule has 0 aliphatic heterocycles. The maximum Gasteiger partial charge on any atom is 0.269 e. The number of hydrogen-bond acceptors (Lipinski definition) is 6. The molecule has 35 heavy (non-hydrogen) atoms. The molecule has 0 saturated carbocycles. The van der Waals surface area contributed by atoms with E-state index in [1.54, 1.807) is 60.7 Å². The minimum Gasteiger partial charge on any atom is -0.330 e. The van der Waals surface area contributed by atoms with Gasteiger partial charge in [0.05, 0.1) is 15.3 Å². The Kier molecular flexibility index (Phi) is 7.71. The molecule has 0 amide bonds. The van der Waals surface area contributed by atoms with Crippen LogP contribution in [0.15, 0.2) is 99.7 Å². The maximum atomic E-state index is 14.0. The van der Waals surface area contributed by atoms with Crippen LogP contribution in [0.5, 0.6) is 0 Å². The van der Waals surface area contributed by atoms with Crippen LogP contribution in [0.3, 0.4) is 0 Å². The molecule has 0 aliphatic rings. The summed E-state index contributed by atoms with van der Waals surface area (Å²) in [5, 5.41) is 3.65. The molecule has 7 nitrogen and oxygen atoms in total. The number of rotatable bonds is 11. The van der Waals surface area contributed by atoms with Crippen LogP contribution >= 0.6 is 0 Å². The van der Waals surface area contributed by atoms with Crippen LogP contribution in [-0.4, -0.2) is 33.9 Å². The van der Waals surface area contributed by atoms with Gasteiger partial charge in [-0.3, -0.25) is 0 Å². The Balaban J connectivity index is 1.94. The monoisotopic (exact) mass is 511 g/mol. The Hall–Kier alpha value is -2.98. The summed E-state index contributed by atoms with van der Waals surface area (Å²) in [4.78, 5) is 0.0584. The van der Waals surface area contributed by atoms with Gasteiger partial charge in [0.1, 0.15) is 0 Å². The molecule has 1 aromatic heterocycles. The van der Waals surface area contributed by atoms with Gasteiger partial charge in [-0.05, 0) is 56.3 Å². The average Bonchev–Trinajstić information content (AvgIpc) is 3.23. The van der Waals surface area contributed by atoms with Crippen LogP contribution in [0.25, 0.3) is 10.9 Å². The minimum absolute atomic E-state index is 0.0200. The summed E-state index contributed by atoms with van der Waals surface area (Å²) in [5.74, 6) is 0. The van der Waals surface area contributed by atoms with Crippen molar-refractivity contribution in [2.75, 3.05) is 13.1 Å². The molecule has 0 saturated heterocycles. The van der Waals surface area contributed by atoms with Gasteiger partial charge in [0, 0.05) is 17.5 Å². The molecule has 0 fully saturated rings. The summed E-state index contributed by atoms with van der Waals surface area (Å²) >= 11 is 0. The van der Waals surface area contributed by atoms with Gasteiger partial charge in [0.15, 0.2) is 5.03 Å². The first-order valence-corrected chi connectivity index (χ1v) is 14.4. The maximum absolute atomic E-state index is 14.0. The van der Waals surface area contributed by atoms with E-state index in [-0.39, 0.29) is 21.4 Å². The lowest BCUT2D eigenvalue weighted by molar-refractivity contribution is 0.568. The molecule has 0 spiro atoms. The zero-order valence-electron chi connectivity index (χ0n) is 19.3. The van der Waals surface area contributed by atoms with Crippen molar-refractivity contribution in [3.05, 3.63) is 90.5 Å². The Morgan fingerprint density at radius 2 is 1.31 bits per heavy atom. The SMILES string of the molecule is NCCCCCNCc1c(S(=O)(=O)c2ccccc2)n(S(=O)(=O)c2ccccc2)c2ccccc12. The molecule has 4 rings (SSSR count). The molecule has 0 radical (unpaired) electrons. The third-order valence-electron chi connectivity index (χ3n) is 5.84. The van der Waals surface area contributed by atoms with E-state index < -0.39 is 19.9 Å². The van der Waals surface area contributed by atoms with E-state index >= 15 is 0 Å². The third kappa shape index (κ3) is 5.04. The number of para-hydroxylation sites is 1. The molecule has 3 aromatic carbocycles. The molecule has 0 unspecified atom stereocenters. The van der Waals surface area contributed by atoms with E-state index in [0.29, 0.717) is 29.6 Å². The second kappa shape index (κ2) is 10.7. The van der Waals surface area contributed by atoms with Gasteiger partial charge < -0.3 is 11.1 Å². The zero-order valence-corrected chi connectivity index (χ0v) is 20.9. The first-order valence-electron chi connectivity index (χ1n) is 11.5. The average molecular weight is 512 g/mol. The lowest BCUT2D eigenvalue weighted by Gasteiger charge is -2.14. The van der Waals surface area contributed by atoms with Gasteiger partial charge in [-0.2, -0.15) is 0 Å². The highest BCUT2D eigenvalue weighted by Crippen LogP contribution is 2.36. The van der Waals surface area contributed by atoms with Crippen molar-refractivity contribution in [2.24, 2.45) is 5.73 Å². The molecule has 0 atom stereocenters. The fourth-order valence-corrected chi connectivity index (χ4v) is 7.74. The molecule has 1 heterocycles. The van der Waals surface area contributed by atoms with Crippen molar-refractivity contribution in [3.8, 4) is 0 Å². The minimum atomic E-state index is -4.21. The summed E-state index contributed by atoms with van der Waals surface area (Å²) in [7, 11) is -8.39. The highest BCUT2D eigenvalue weighted by atomic mass is 32.2. The first kappa shape index (κ1) is 25.1. The molecule has 0 aliphatic carbocycles. The van der Waals surface area contributed by atoms with E-state index in [0.717, 1.165) is 23.2 Å². The zero-order chi connectivity index (χ0) is 24.9. The fourth-order valence-electron chi connectivity index (χ4n) is 4.13. The van der Waals surface area contributed by atoms with Crippen molar-refractivity contribution in [3.63, 3.8) is 0 Å². The molecule has 4 aromatic rings.